The van der Waals surface area contributed by atoms with Crippen LogP contribution in [0.4, 0.5) is 0 Å². The largest absolute Gasteiger partial charge is 0.377 e. The van der Waals surface area contributed by atoms with Crippen LogP contribution in [0.3, 0.4) is 0 Å². The molecule has 384 valence electrons. The number of amides is 2. The van der Waals surface area contributed by atoms with Crippen molar-refractivity contribution in [2.24, 2.45) is 0 Å². The second-order valence-electron chi connectivity index (χ2n) is 15.5. The van der Waals surface area contributed by atoms with Gasteiger partial charge in [-0.2, -0.15) is 0 Å². The molecule has 0 aliphatic carbocycles. The zero-order valence-electron chi connectivity index (χ0n) is 41.0. The monoisotopic (exact) mass is 990 g/mol. The second kappa shape index (κ2) is 36.1. The van der Waals surface area contributed by atoms with Crippen molar-refractivity contribution in [2.45, 2.75) is 0 Å². The fraction of sp³-hybridized carbons (Fsp3) is 0.464. The maximum absolute atomic E-state index is 11.7. The van der Waals surface area contributed by atoms with Gasteiger partial charge in [0.2, 0.25) is 11.8 Å². The molecule has 0 fully saturated rings. The van der Waals surface area contributed by atoms with E-state index in [1.807, 2.05) is 0 Å². The number of carbonyl (C=O) groups excluding carboxylic acids is 2. The molecule has 0 aliphatic heterocycles. The van der Waals surface area contributed by atoms with E-state index in [9.17, 15) is 9.59 Å². The number of hydrogen-bond acceptors (Lipinski definition) is 14. The summed E-state index contributed by atoms with van der Waals surface area (Å²) in [6, 6.07) is 21.3. The van der Waals surface area contributed by atoms with Crippen LogP contribution in [0, 0.1) is 48.4 Å². The molecule has 0 aliphatic rings. The van der Waals surface area contributed by atoms with E-state index in [1.54, 1.807) is 0 Å². The average Bonchev–Trinajstić information content (AvgIpc) is 3.40. The summed E-state index contributed by atoms with van der Waals surface area (Å²) in [6.07, 6.45) is 10.2. The first-order chi connectivity index (χ1) is 35.6. The van der Waals surface area contributed by atoms with Gasteiger partial charge in [0.1, 0.15) is 39.6 Å². The first kappa shape index (κ1) is 57.0. The summed E-state index contributed by atoms with van der Waals surface area (Å²) in [5.74, 6) is 17.3. The summed E-state index contributed by atoms with van der Waals surface area (Å²) in [5.41, 5.74) is 1.90. The highest BCUT2D eigenvalue weighted by atomic mass is 16.6. The molecule has 0 saturated carbocycles. The minimum Gasteiger partial charge on any atom is -0.377 e. The van der Waals surface area contributed by atoms with Crippen molar-refractivity contribution in [3.8, 4) is 48.4 Å². The minimum absolute atomic E-state index is 0.0422. The topological polar surface area (TPSA) is 169 Å². The molecular formula is C56H66N2O14. The zero-order valence-corrected chi connectivity index (χ0v) is 41.0. The van der Waals surface area contributed by atoms with Crippen LogP contribution in [-0.2, 0) is 66.4 Å². The Hall–Kier alpha value is -5.90. The summed E-state index contributed by atoms with van der Waals surface area (Å²) in [6.45, 7) is 8.86. The molecule has 0 saturated heterocycles. The molecule has 2 N–H and O–H groups in total. The molecule has 0 atom stereocenters. The first-order valence-electron chi connectivity index (χ1n) is 24.1. The number of benzene rings is 5. The number of fused-ring (bicyclic) bond motifs is 2. The van der Waals surface area contributed by atoms with Crippen LogP contribution >= 0.6 is 0 Å². The molecule has 72 heavy (non-hydrogen) atoms. The Morgan fingerprint density at radius 1 is 0.361 bits per heavy atom. The predicted octanol–water partition coefficient (Wildman–Crippen LogP) is 4.14. The van der Waals surface area contributed by atoms with Crippen molar-refractivity contribution in [1.29, 1.82) is 0 Å². The Bertz CT molecular complexity index is 2390. The lowest BCUT2D eigenvalue weighted by atomic mass is 9.87. The lowest BCUT2D eigenvalue weighted by Gasteiger charge is -2.15. The normalized spacial score (nSPS) is 11.1. The molecule has 0 radical (unpaired) electrons. The highest BCUT2D eigenvalue weighted by molar-refractivity contribution is 6.33. The van der Waals surface area contributed by atoms with Gasteiger partial charge in [0.15, 0.2) is 0 Å². The maximum Gasteiger partial charge on any atom is 0.246 e. The van der Waals surface area contributed by atoms with Crippen molar-refractivity contribution >= 4 is 54.9 Å². The average molecular weight is 991 g/mol. The molecule has 5 aromatic rings. The summed E-state index contributed by atoms with van der Waals surface area (Å²) >= 11 is 0. The Kier molecular flexibility index (Phi) is 28.6. The van der Waals surface area contributed by atoms with Gasteiger partial charge in [-0.1, -0.05) is 84.1 Å². The van der Waals surface area contributed by atoms with Gasteiger partial charge in [-0.05, 0) is 55.2 Å². The summed E-state index contributed by atoms with van der Waals surface area (Å²) in [7, 11) is 0. The van der Waals surface area contributed by atoms with E-state index >= 15 is 0 Å². The maximum atomic E-state index is 11.7. The minimum atomic E-state index is -0.219. The smallest absolute Gasteiger partial charge is 0.246 e. The Labute approximate surface area is 422 Å². The number of terminal acetylenes is 2. The molecule has 0 spiro atoms. The standard InChI is InChI=1S/C56H66N2O14/c1-3-21-61-39-41-71-43-53(59)57-19-25-65-29-33-69-37-35-67-31-27-63-23-7-9-45-15-17-51-50-14-6-12-48-46(16-18-52(56(48)50)49-13-5-11-47(45)55(49)51)10-8-24-64-28-32-68-36-38-70-34-30-66-26-20-58-54(60)44-72-42-40-62-22-4-2/h1-2,5-6,11-18H,19-44H2,(H,57,59)(H,58,60). The number of nitrogens with one attached hydrogen (secondary N) is 2. The summed E-state index contributed by atoms with van der Waals surface area (Å²) in [4.78, 5) is 23.4. The van der Waals surface area contributed by atoms with E-state index in [-0.39, 0.29) is 51.5 Å². The van der Waals surface area contributed by atoms with Crippen LogP contribution in [0.25, 0.3) is 43.1 Å². The van der Waals surface area contributed by atoms with Crippen LogP contribution in [0.5, 0.6) is 0 Å². The molecule has 0 aromatic heterocycles. The third kappa shape index (κ3) is 21.1. The third-order valence-corrected chi connectivity index (χ3v) is 10.4. The van der Waals surface area contributed by atoms with Crippen molar-refractivity contribution in [2.75, 3.05) is 172 Å². The Morgan fingerprint density at radius 3 is 1.04 bits per heavy atom. The number of hydrogen-bond donors (Lipinski definition) is 2. The SMILES string of the molecule is C#CCOCCOCC(=O)NCCOCCOCCOCCOCC#Cc1ccc2c3cccc4c(C#CCOCCOCCOCCOCCNC(=O)COCCOCC#C)ccc(c5cccc1c52)c43. The van der Waals surface area contributed by atoms with Gasteiger partial charge in [-0.15, -0.1) is 12.8 Å². The fourth-order valence-electron chi connectivity index (χ4n) is 7.21. The van der Waals surface area contributed by atoms with Gasteiger partial charge in [0, 0.05) is 24.2 Å². The van der Waals surface area contributed by atoms with Crippen LogP contribution in [0.1, 0.15) is 11.1 Å². The van der Waals surface area contributed by atoms with Crippen LogP contribution < -0.4 is 10.6 Å². The Balaban J connectivity index is 0.925. The highest BCUT2D eigenvalue weighted by Crippen LogP contribution is 2.41. The van der Waals surface area contributed by atoms with E-state index in [0.717, 1.165) is 21.9 Å². The number of rotatable bonds is 38. The van der Waals surface area contributed by atoms with E-state index in [4.69, 9.17) is 69.7 Å². The van der Waals surface area contributed by atoms with Crippen molar-refractivity contribution in [3.05, 3.63) is 71.8 Å². The molecule has 0 unspecified atom stereocenters. The zero-order chi connectivity index (χ0) is 50.5. The van der Waals surface area contributed by atoms with Crippen LogP contribution in [0.2, 0.25) is 0 Å². The molecule has 2 amide bonds. The van der Waals surface area contributed by atoms with Gasteiger partial charge in [0.05, 0.1) is 119 Å². The molecule has 16 nitrogen and oxygen atoms in total. The summed E-state index contributed by atoms with van der Waals surface area (Å²) in [5, 5.41) is 14.7. The van der Waals surface area contributed by atoms with E-state index < -0.39 is 0 Å². The quantitative estimate of drug-likeness (QED) is 0.0251. The van der Waals surface area contributed by atoms with E-state index in [0.29, 0.717) is 132 Å². The molecular weight excluding hydrogens is 925 g/mol. The van der Waals surface area contributed by atoms with Gasteiger partial charge in [0.25, 0.3) is 0 Å². The lowest BCUT2D eigenvalue weighted by Crippen LogP contribution is -2.31. The molecule has 5 rings (SSSR count). The van der Waals surface area contributed by atoms with E-state index in [1.165, 1.54) is 32.3 Å². The number of carbonyl (C=O) groups is 2. The van der Waals surface area contributed by atoms with Gasteiger partial charge in [-0.25, -0.2) is 0 Å². The van der Waals surface area contributed by atoms with Gasteiger partial charge < -0.3 is 67.5 Å². The fourth-order valence-corrected chi connectivity index (χ4v) is 7.21. The summed E-state index contributed by atoms with van der Waals surface area (Å²) < 4.78 is 65.3. The van der Waals surface area contributed by atoms with Crippen molar-refractivity contribution < 1.29 is 66.4 Å². The highest BCUT2D eigenvalue weighted by Gasteiger charge is 2.15. The van der Waals surface area contributed by atoms with Crippen LogP contribution in [-0.4, -0.2) is 183 Å². The predicted molar refractivity (Wildman–Crippen MR) is 275 cm³/mol. The van der Waals surface area contributed by atoms with Gasteiger partial charge >= 0.3 is 0 Å². The first-order valence-corrected chi connectivity index (χ1v) is 24.1. The number of ether oxygens (including phenoxy) is 12. The van der Waals surface area contributed by atoms with Crippen LogP contribution in [0.15, 0.2) is 60.7 Å². The van der Waals surface area contributed by atoms with Crippen molar-refractivity contribution in [3.63, 3.8) is 0 Å². The van der Waals surface area contributed by atoms with E-state index in [2.05, 4.69) is 107 Å². The Morgan fingerprint density at radius 2 is 0.667 bits per heavy atom. The molecule has 0 heterocycles. The molecule has 16 heteroatoms. The second-order valence-corrected chi connectivity index (χ2v) is 15.5. The van der Waals surface area contributed by atoms with Crippen molar-refractivity contribution in [1.82, 2.24) is 10.6 Å². The van der Waals surface area contributed by atoms with Gasteiger partial charge in [-0.3, -0.25) is 9.59 Å². The third-order valence-electron chi connectivity index (χ3n) is 10.4. The molecule has 5 aromatic carbocycles. The molecule has 0 bridgehead atoms. The lowest BCUT2D eigenvalue weighted by molar-refractivity contribution is -0.127.